The van der Waals surface area contributed by atoms with E-state index >= 15 is 0 Å². The number of rotatable bonds is 11. The number of carbonyl (C=O) groups is 1. The van der Waals surface area contributed by atoms with Gasteiger partial charge < -0.3 is 5.11 Å². The third-order valence-electron chi connectivity index (χ3n) is 9.25. The van der Waals surface area contributed by atoms with E-state index in [1.54, 1.807) is 6.08 Å². The Labute approximate surface area is 257 Å². The summed E-state index contributed by atoms with van der Waals surface area (Å²) in [4.78, 5) is 12.9. The van der Waals surface area contributed by atoms with Crippen LogP contribution in [0.1, 0.15) is 101 Å². The Kier molecular flexibility index (Phi) is 13.0. The van der Waals surface area contributed by atoms with E-state index in [0.717, 1.165) is 11.1 Å². The maximum absolute atomic E-state index is 12.9. The first-order chi connectivity index (χ1) is 19.6. The SMILES string of the molecule is CC1=C(/C=C/C(C)=C/C=C/C(C)=C/C=C/C=C(C)/C=C/C=C(C)/C=C/C(=O)C2(C)CC(O)CC2(C)C)C(C)(C)CCC1. The lowest BCUT2D eigenvalue weighted by Crippen LogP contribution is -2.36. The molecule has 0 saturated heterocycles. The van der Waals surface area contributed by atoms with Crippen LogP contribution in [0.15, 0.2) is 119 Å². The van der Waals surface area contributed by atoms with Crippen molar-refractivity contribution in [2.75, 3.05) is 0 Å². The summed E-state index contributed by atoms with van der Waals surface area (Å²) in [6, 6.07) is 0. The van der Waals surface area contributed by atoms with E-state index in [1.807, 2.05) is 32.1 Å². The molecule has 2 heteroatoms. The molecule has 1 N–H and O–H groups in total. The van der Waals surface area contributed by atoms with Gasteiger partial charge in [0, 0.05) is 5.41 Å². The Balaban J connectivity index is 1.88. The molecule has 0 heterocycles. The number of hydrogen-bond donors (Lipinski definition) is 1. The van der Waals surface area contributed by atoms with Crippen molar-refractivity contribution in [2.45, 2.75) is 107 Å². The van der Waals surface area contributed by atoms with Crippen LogP contribution in [0.5, 0.6) is 0 Å². The second kappa shape index (κ2) is 15.5. The van der Waals surface area contributed by atoms with Gasteiger partial charge in [-0.25, -0.2) is 0 Å². The average molecular weight is 569 g/mol. The summed E-state index contributed by atoms with van der Waals surface area (Å²) in [5, 5.41) is 10.1. The van der Waals surface area contributed by atoms with Gasteiger partial charge in [0.1, 0.15) is 0 Å². The molecule has 0 spiro atoms. The van der Waals surface area contributed by atoms with Gasteiger partial charge in [0.25, 0.3) is 0 Å². The molecule has 2 aliphatic carbocycles. The Bertz CT molecular complexity index is 1280. The Morgan fingerprint density at radius 1 is 0.714 bits per heavy atom. The molecule has 2 unspecified atom stereocenters. The third kappa shape index (κ3) is 10.4. The zero-order valence-corrected chi connectivity index (χ0v) is 28.1. The summed E-state index contributed by atoms with van der Waals surface area (Å²) < 4.78 is 0. The van der Waals surface area contributed by atoms with Crippen molar-refractivity contribution in [1.29, 1.82) is 0 Å². The van der Waals surface area contributed by atoms with Crippen molar-refractivity contribution in [3.05, 3.63) is 119 Å². The predicted octanol–water partition coefficient (Wildman–Crippen LogP) is 10.8. The predicted molar refractivity (Wildman–Crippen MR) is 183 cm³/mol. The molecule has 0 bridgehead atoms. The van der Waals surface area contributed by atoms with E-state index in [-0.39, 0.29) is 16.6 Å². The number of carbonyl (C=O) groups excluding carboxylic acids is 1. The van der Waals surface area contributed by atoms with Gasteiger partial charge >= 0.3 is 0 Å². The van der Waals surface area contributed by atoms with Crippen molar-refractivity contribution < 1.29 is 9.90 Å². The minimum atomic E-state index is -0.524. The molecule has 2 nitrogen and oxygen atoms in total. The van der Waals surface area contributed by atoms with Crippen molar-refractivity contribution >= 4 is 5.78 Å². The van der Waals surface area contributed by atoms with Gasteiger partial charge in [-0.1, -0.05) is 141 Å². The first kappa shape index (κ1) is 35.2. The molecule has 2 aliphatic rings. The lowest BCUT2D eigenvalue weighted by atomic mass is 9.66. The van der Waals surface area contributed by atoms with Crippen LogP contribution >= 0.6 is 0 Å². The monoisotopic (exact) mass is 568 g/mol. The van der Waals surface area contributed by atoms with Crippen LogP contribution < -0.4 is 0 Å². The molecule has 0 amide bonds. The standard InChI is InChI=1S/C40H56O2/c1-30(18-13-20-32(3)23-25-36-34(5)22-15-27-38(36,6)7)16-11-12-17-31(2)19-14-21-33(4)24-26-37(42)40(10)29-35(41)28-39(40,8)9/h11-14,16-21,23-26,35,41H,15,22,27-29H2,1-10H3/b12-11+,18-13+,19-14+,25-23+,26-24+,30-16+,31-17+,32-20+,33-21+. The van der Waals surface area contributed by atoms with Crippen LogP contribution in [0.2, 0.25) is 0 Å². The summed E-state index contributed by atoms with van der Waals surface area (Å²) in [6.07, 6.45) is 33.5. The lowest BCUT2D eigenvalue weighted by molar-refractivity contribution is -0.127. The second-order valence-electron chi connectivity index (χ2n) is 14.0. The summed E-state index contributed by atoms with van der Waals surface area (Å²) in [6.45, 7) is 21.5. The fourth-order valence-corrected chi connectivity index (χ4v) is 6.02. The maximum Gasteiger partial charge on any atom is 0.162 e. The molecule has 0 aromatic heterocycles. The van der Waals surface area contributed by atoms with Gasteiger partial charge in [0.05, 0.1) is 6.10 Å². The lowest BCUT2D eigenvalue weighted by Gasteiger charge is -2.35. The Hall–Kier alpha value is -2.97. The molecule has 0 aromatic rings. The van der Waals surface area contributed by atoms with E-state index in [0.29, 0.717) is 12.8 Å². The summed E-state index contributed by atoms with van der Waals surface area (Å²) in [5.41, 5.74) is 7.17. The van der Waals surface area contributed by atoms with E-state index < -0.39 is 11.5 Å². The smallest absolute Gasteiger partial charge is 0.162 e. The zero-order valence-electron chi connectivity index (χ0n) is 28.1. The highest BCUT2D eigenvalue weighted by Gasteiger charge is 2.52. The maximum atomic E-state index is 12.9. The number of aliphatic hydroxyl groups excluding tert-OH is 1. The van der Waals surface area contributed by atoms with Crippen LogP contribution in [-0.4, -0.2) is 17.0 Å². The highest BCUT2D eigenvalue weighted by Crippen LogP contribution is 2.53. The number of allylic oxidation sites excluding steroid dienone is 20. The molecule has 0 aliphatic heterocycles. The fourth-order valence-electron chi connectivity index (χ4n) is 6.02. The van der Waals surface area contributed by atoms with Crippen LogP contribution in [-0.2, 0) is 4.79 Å². The molecular formula is C40H56O2. The van der Waals surface area contributed by atoms with Crippen molar-refractivity contribution in [3.63, 3.8) is 0 Å². The molecule has 2 rings (SSSR count). The normalized spacial score (nSPS) is 26.3. The summed E-state index contributed by atoms with van der Waals surface area (Å²) in [7, 11) is 0. The second-order valence-corrected chi connectivity index (χ2v) is 14.0. The highest BCUT2D eigenvalue weighted by atomic mass is 16.3. The van der Waals surface area contributed by atoms with Crippen LogP contribution in [0.3, 0.4) is 0 Å². The molecule has 0 aromatic carbocycles. The van der Waals surface area contributed by atoms with E-state index in [4.69, 9.17) is 0 Å². The average Bonchev–Trinajstić information content (AvgIpc) is 3.10. The summed E-state index contributed by atoms with van der Waals surface area (Å²) in [5.74, 6) is 0.0925. The first-order valence-corrected chi connectivity index (χ1v) is 15.6. The Morgan fingerprint density at radius 3 is 1.71 bits per heavy atom. The third-order valence-corrected chi connectivity index (χ3v) is 9.25. The van der Waals surface area contributed by atoms with Crippen LogP contribution in [0.25, 0.3) is 0 Å². The minimum Gasteiger partial charge on any atom is -0.393 e. The van der Waals surface area contributed by atoms with Crippen molar-refractivity contribution in [2.24, 2.45) is 16.2 Å². The van der Waals surface area contributed by atoms with Crippen LogP contribution in [0, 0.1) is 16.2 Å². The topological polar surface area (TPSA) is 37.3 Å². The molecule has 1 fully saturated rings. The molecule has 2 atom stereocenters. The first-order valence-electron chi connectivity index (χ1n) is 15.6. The quantitative estimate of drug-likeness (QED) is 0.199. The van der Waals surface area contributed by atoms with Gasteiger partial charge in [-0.05, 0) is 89.2 Å². The number of hydrogen-bond acceptors (Lipinski definition) is 2. The van der Waals surface area contributed by atoms with Gasteiger partial charge in [0.15, 0.2) is 5.78 Å². The molecule has 42 heavy (non-hydrogen) atoms. The molecule has 228 valence electrons. The largest absolute Gasteiger partial charge is 0.393 e. The van der Waals surface area contributed by atoms with E-state index in [2.05, 4.69) is 116 Å². The zero-order chi connectivity index (χ0) is 31.6. The van der Waals surface area contributed by atoms with E-state index in [9.17, 15) is 9.90 Å². The van der Waals surface area contributed by atoms with Gasteiger partial charge in [0.2, 0.25) is 0 Å². The summed E-state index contributed by atoms with van der Waals surface area (Å²) >= 11 is 0. The number of ketones is 1. The van der Waals surface area contributed by atoms with Gasteiger partial charge in [-0.15, -0.1) is 0 Å². The molecular weight excluding hydrogens is 512 g/mol. The van der Waals surface area contributed by atoms with Crippen molar-refractivity contribution in [1.82, 2.24) is 0 Å². The number of aliphatic hydroxyl groups is 1. The van der Waals surface area contributed by atoms with Gasteiger partial charge in [-0.3, -0.25) is 4.79 Å². The van der Waals surface area contributed by atoms with Crippen LogP contribution in [0.4, 0.5) is 0 Å². The van der Waals surface area contributed by atoms with Crippen molar-refractivity contribution in [3.8, 4) is 0 Å². The minimum absolute atomic E-state index is 0.0925. The highest BCUT2D eigenvalue weighted by molar-refractivity contribution is 5.95. The van der Waals surface area contributed by atoms with Gasteiger partial charge in [-0.2, -0.15) is 0 Å². The van der Waals surface area contributed by atoms with E-state index in [1.165, 1.54) is 41.6 Å². The Morgan fingerprint density at radius 2 is 1.21 bits per heavy atom. The molecule has 1 saturated carbocycles. The molecule has 0 radical (unpaired) electrons. The fraction of sp³-hybridized carbons (Fsp3) is 0.475.